The molecule has 1 N–H and O–H groups in total. The molecule has 0 aliphatic carbocycles. The highest BCUT2D eigenvalue weighted by Gasteiger charge is 2.26. The van der Waals surface area contributed by atoms with Gasteiger partial charge in [-0.3, -0.25) is 4.79 Å². The van der Waals surface area contributed by atoms with Crippen LogP contribution in [-0.4, -0.2) is 17.7 Å². The first-order valence-corrected chi connectivity index (χ1v) is 5.85. The molecule has 0 radical (unpaired) electrons. The van der Waals surface area contributed by atoms with Gasteiger partial charge in [-0.25, -0.2) is 0 Å². The van der Waals surface area contributed by atoms with Crippen LogP contribution in [0.4, 0.5) is 0 Å². The van der Waals surface area contributed by atoms with Gasteiger partial charge in [-0.15, -0.1) is 0 Å². The van der Waals surface area contributed by atoms with E-state index in [1.54, 1.807) is 13.8 Å². The summed E-state index contributed by atoms with van der Waals surface area (Å²) in [6.45, 7) is 6.05. The summed E-state index contributed by atoms with van der Waals surface area (Å²) in [7, 11) is 0. The van der Waals surface area contributed by atoms with Gasteiger partial charge in [0.05, 0.1) is 12.0 Å². The molecule has 0 bridgehead atoms. The van der Waals surface area contributed by atoms with E-state index in [2.05, 4.69) is 0 Å². The van der Waals surface area contributed by atoms with E-state index < -0.39 is 11.4 Å². The Labute approximate surface area is 102 Å². The normalized spacial score (nSPS) is 11.2. The van der Waals surface area contributed by atoms with Crippen LogP contribution < -0.4 is 4.74 Å². The second-order valence-electron chi connectivity index (χ2n) is 4.96. The summed E-state index contributed by atoms with van der Waals surface area (Å²) in [5, 5.41) is 8.95. The van der Waals surface area contributed by atoms with E-state index in [0.29, 0.717) is 13.0 Å². The van der Waals surface area contributed by atoms with Crippen molar-refractivity contribution >= 4 is 5.97 Å². The number of benzene rings is 1. The van der Waals surface area contributed by atoms with Crippen molar-refractivity contribution in [1.82, 2.24) is 0 Å². The highest BCUT2D eigenvalue weighted by molar-refractivity contribution is 5.73. The Morgan fingerprint density at radius 2 is 2.12 bits per heavy atom. The lowest BCUT2D eigenvalue weighted by Crippen LogP contribution is -2.24. The van der Waals surface area contributed by atoms with E-state index in [1.165, 1.54) is 0 Å². The van der Waals surface area contributed by atoms with Crippen molar-refractivity contribution in [2.45, 2.75) is 33.6 Å². The van der Waals surface area contributed by atoms with Crippen LogP contribution in [0.3, 0.4) is 0 Å². The van der Waals surface area contributed by atoms with E-state index in [1.807, 2.05) is 31.2 Å². The molecule has 17 heavy (non-hydrogen) atoms. The summed E-state index contributed by atoms with van der Waals surface area (Å²) >= 11 is 0. The number of hydrogen-bond acceptors (Lipinski definition) is 2. The summed E-state index contributed by atoms with van der Waals surface area (Å²) in [5.41, 5.74) is 0.490. The third kappa shape index (κ3) is 4.47. The Morgan fingerprint density at radius 1 is 1.41 bits per heavy atom. The molecule has 0 saturated carbocycles. The molecule has 3 nitrogen and oxygen atoms in total. The lowest BCUT2D eigenvalue weighted by molar-refractivity contribution is -0.147. The third-order valence-electron chi connectivity index (χ3n) is 2.78. The number of aryl methyl sites for hydroxylation is 1. The second-order valence-corrected chi connectivity index (χ2v) is 4.96. The molecule has 0 atom stereocenters. The van der Waals surface area contributed by atoms with Crippen molar-refractivity contribution in [1.29, 1.82) is 0 Å². The van der Waals surface area contributed by atoms with Crippen molar-refractivity contribution < 1.29 is 14.6 Å². The van der Waals surface area contributed by atoms with Gasteiger partial charge in [0, 0.05) is 0 Å². The molecule has 0 amide bonds. The Kier molecular flexibility index (Phi) is 4.55. The van der Waals surface area contributed by atoms with Crippen LogP contribution in [0, 0.1) is 12.3 Å². The van der Waals surface area contributed by atoms with Crippen molar-refractivity contribution in [3.63, 3.8) is 0 Å². The fraction of sp³-hybridized carbons (Fsp3) is 0.500. The predicted molar refractivity (Wildman–Crippen MR) is 67.3 cm³/mol. The Balaban J connectivity index is 2.32. The van der Waals surface area contributed by atoms with E-state index in [9.17, 15) is 4.79 Å². The SMILES string of the molecule is Cc1cccc(OCCCC(C)(C)C(=O)O)c1. The van der Waals surface area contributed by atoms with E-state index >= 15 is 0 Å². The summed E-state index contributed by atoms with van der Waals surface area (Å²) < 4.78 is 5.57. The zero-order valence-corrected chi connectivity index (χ0v) is 10.7. The van der Waals surface area contributed by atoms with E-state index in [0.717, 1.165) is 17.7 Å². The second kappa shape index (κ2) is 5.71. The van der Waals surface area contributed by atoms with Crippen molar-refractivity contribution in [3.8, 4) is 5.75 Å². The molecule has 1 aromatic rings. The highest BCUT2D eigenvalue weighted by atomic mass is 16.5. The van der Waals surface area contributed by atoms with Gasteiger partial charge in [-0.2, -0.15) is 0 Å². The van der Waals surface area contributed by atoms with E-state index in [4.69, 9.17) is 9.84 Å². The first-order valence-electron chi connectivity index (χ1n) is 5.85. The minimum absolute atomic E-state index is 0.556. The number of ether oxygens (including phenoxy) is 1. The van der Waals surface area contributed by atoms with Crippen LogP contribution in [0.1, 0.15) is 32.3 Å². The standard InChI is InChI=1S/C14H20O3/c1-11-6-4-7-12(10-11)17-9-5-8-14(2,3)13(15)16/h4,6-7,10H,5,8-9H2,1-3H3,(H,15,16). The molecule has 0 heterocycles. The lowest BCUT2D eigenvalue weighted by atomic mass is 9.88. The first-order chi connectivity index (χ1) is 7.92. The van der Waals surface area contributed by atoms with E-state index in [-0.39, 0.29) is 0 Å². The maximum Gasteiger partial charge on any atom is 0.309 e. The summed E-state index contributed by atoms with van der Waals surface area (Å²) in [6.07, 6.45) is 1.36. The van der Waals surface area contributed by atoms with Gasteiger partial charge < -0.3 is 9.84 Å². The summed E-state index contributed by atoms with van der Waals surface area (Å²) in [5.74, 6) is 0.0891. The zero-order chi connectivity index (χ0) is 12.9. The molecule has 0 fully saturated rings. The molecule has 1 aromatic carbocycles. The van der Waals surface area contributed by atoms with Crippen LogP contribution in [0.25, 0.3) is 0 Å². The lowest BCUT2D eigenvalue weighted by Gasteiger charge is -2.18. The fourth-order valence-electron chi connectivity index (χ4n) is 1.52. The van der Waals surface area contributed by atoms with Crippen LogP contribution in [0.2, 0.25) is 0 Å². The monoisotopic (exact) mass is 236 g/mol. The Bertz CT molecular complexity index is 383. The van der Waals surface area contributed by atoms with Gasteiger partial charge in [-0.1, -0.05) is 12.1 Å². The summed E-state index contributed by atoms with van der Waals surface area (Å²) in [6, 6.07) is 7.85. The largest absolute Gasteiger partial charge is 0.494 e. The van der Waals surface area contributed by atoms with Gasteiger partial charge in [-0.05, 0) is 51.3 Å². The smallest absolute Gasteiger partial charge is 0.309 e. The molecule has 0 aliphatic rings. The molecule has 0 aliphatic heterocycles. The van der Waals surface area contributed by atoms with Gasteiger partial charge in [0.1, 0.15) is 5.75 Å². The number of carboxylic acids is 1. The molecule has 3 heteroatoms. The van der Waals surface area contributed by atoms with Gasteiger partial charge in [0.15, 0.2) is 0 Å². The van der Waals surface area contributed by atoms with Crippen LogP contribution in [0.5, 0.6) is 5.75 Å². The average molecular weight is 236 g/mol. The fourth-order valence-corrected chi connectivity index (χ4v) is 1.52. The van der Waals surface area contributed by atoms with Crippen LogP contribution in [-0.2, 0) is 4.79 Å². The molecular weight excluding hydrogens is 216 g/mol. The van der Waals surface area contributed by atoms with Crippen LogP contribution >= 0.6 is 0 Å². The van der Waals surface area contributed by atoms with Gasteiger partial charge in [0.25, 0.3) is 0 Å². The quantitative estimate of drug-likeness (QED) is 0.771. The number of carboxylic acid groups (broad SMARTS) is 1. The number of hydrogen-bond donors (Lipinski definition) is 1. The molecule has 0 spiro atoms. The Morgan fingerprint density at radius 3 is 2.71 bits per heavy atom. The number of carbonyl (C=O) groups is 1. The predicted octanol–water partition coefficient (Wildman–Crippen LogP) is 3.26. The molecule has 1 rings (SSSR count). The minimum atomic E-state index is -0.756. The molecule has 0 saturated heterocycles. The maximum atomic E-state index is 10.9. The Hall–Kier alpha value is -1.51. The topological polar surface area (TPSA) is 46.5 Å². The zero-order valence-electron chi connectivity index (χ0n) is 10.7. The first kappa shape index (κ1) is 13.6. The molecule has 94 valence electrons. The van der Waals surface area contributed by atoms with Crippen molar-refractivity contribution in [3.05, 3.63) is 29.8 Å². The van der Waals surface area contributed by atoms with Gasteiger partial charge >= 0.3 is 5.97 Å². The van der Waals surface area contributed by atoms with Gasteiger partial charge in [0.2, 0.25) is 0 Å². The highest BCUT2D eigenvalue weighted by Crippen LogP contribution is 2.22. The summed E-state index contributed by atoms with van der Waals surface area (Å²) in [4.78, 5) is 10.9. The van der Waals surface area contributed by atoms with Crippen LogP contribution in [0.15, 0.2) is 24.3 Å². The van der Waals surface area contributed by atoms with Crippen molar-refractivity contribution in [2.75, 3.05) is 6.61 Å². The molecule has 0 unspecified atom stereocenters. The molecule has 0 aromatic heterocycles. The number of aliphatic carboxylic acids is 1. The third-order valence-corrected chi connectivity index (χ3v) is 2.78. The average Bonchev–Trinajstić information content (AvgIpc) is 2.24. The minimum Gasteiger partial charge on any atom is -0.494 e. The maximum absolute atomic E-state index is 10.9. The number of rotatable bonds is 6. The molecular formula is C14H20O3. The van der Waals surface area contributed by atoms with Crippen molar-refractivity contribution in [2.24, 2.45) is 5.41 Å².